The first-order chi connectivity index (χ1) is 10.5. The average Bonchev–Trinajstić information content (AvgIpc) is 2.94. The van der Waals surface area contributed by atoms with Crippen LogP contribution in [0.25, 0.3) is 0 Å². The summed E-state index contributed by atoms with van der Waals surface area (Å²) >= 11 is 0. The highest BCUT2D eigenvalue weighted by molar-refractivity contribution is 6.38. The largest absolute Gasteiger partial charge is 0.346 e. The van der Waals surface area contributed by atoms with Gasteiger partial charge < -0.3 is 10.6 Å². The molecule has 2 N–H and O–H groups in total. The van der Waals surface area contributed by atoms with Gasteiger partial charge in [-0.3, -0.25) is 19.3 Å². The van der Waals surface area contributed by atoms with E-state index < -0.39 is 17.7 Å². The molecule has 2 amide bonds. The predicted molar refractivity (Wildman–Crippen MR) is 85.3 cm³/mol. The van der Waals surface area contributed by atoms with Gasteiger partial charge in [-0.1, -0.05) is 25.8 Å². The van der Waals surface area contributed by atoms with Crippen LogP contribution in [0.15, 0.2) is 12.7 Å². The van der Waals surface area contributed by atoms with Crippen molar-refractivity contribution < 1.29 is 14.4 Å². The molecule has 0 aromatic heterocycles. The van der Waals surface area contributed by atoms with Crippen molar-refractivity contribution in [3.05, 3.63) is 12.7 Å². The van der Waals surface area contributed by atoms with Gasteiger partial charge in [-0.05, 0) is 32.9 Å². The molecule has 0 aliphatic carbocycles. The van der Waals surface area contributed by atoms with Gasteiger partial charge in [0.25, 0.3) is 5.91 Å². The Hall–Kier alpha value is -1.69. The van der Waals surface area contributed by atoms with E-state index in [1.165, 1.54) is 6.08 Å². The summed E-state index contributed by atoms with van der Waals surface area (Å²) in [5.74, 6) is -1.41. The summed E-state index contributed by atoms with van der Waals surface area (Å²) in [6, 6.07) is -0.945. The minimum absolute atomic E-state index is 0.161. The highest BCUT2D eigenvalue weighted by atomic mass is 16.2. The first-order valence-electron chi connectivity index (χ1n) is 7.94. The van der Waals surface area contributed by atoms with Gasteiger partial charge >= 0.3 is 0 Å². The third-order valence-electron chi connectivity index (χ3n) is 3.93. The summed E-state index contributed by atoms with van der Waals surface area (Å²) < 4.78 is 0. The number of nitrogens with one attached hydrogen (secondary N) is 2. The number of unbranched alkanes of at least 4 members (excludes halogenated alkanes) is 1. The molecule has 22 heavy (non-hydrogen) atoms. The van der Waals surface area contributed by atoms with Crippen LogP contribution < -0.4 is 10.6 Å². The van der Waals surface area contributed by atoms with Gasteiger partial charge in [-0.2, -0.15) is 0 Å². The highest BCUT2D eigenvalue weighted by Gasteiger charge is 2.32. The highest BCUT2D eigenvalue weighted by Crippen LogP contribution is 2.15. The van der Waals surface area contributed by atoms with E-state index in [4.69, 9.17) is 0 Å². The first-order valence-corrected chi connectivity index (χ1v) is 7.94. The van der Waals surface area contributed by atoms with Gasteiger partial charge in [-0.25, -0.2) is 0 Å². The van der Waals surface area contributed by atoms with Crippen molar-refractivity contribution in [2.75, 3.05) is 20.1 Å². The van der Waals surface area contributed by atoms with E-state index in [9.17, 15) is 14.4 Å². The maximum Gasteiger partial charge on any atom is 0.289 e. The number of amides is 2. The van der Waals surface area contributed by atoms with E-state index in [2.05, 4.69) is 17.2 Å². The molecule has 6 heteroatoms. The van der Waals surface area contributed by atoms with E-state index in [0.717, 1.165) is 32.2 Å². The fraction of sp³-hybridized carbons (Fsp3) is 0.688. The van der Waals surface area contributed by atoms with Crippen LogP contribution >= 0.6 is 0 Å². The third-order valence-corrected chi connectivity index (χ3v) is 3.93. The molecule has 0 radical (unpaired) electrons. The fourth-order valence-electron chi connectivity index (χ4n) is 2.60. The molecule has 0 bridgehead atoms. The molecule has 1 aliphatic rings. The topological polar surface area (TPSA) is 78.5 Å². The molecule has 0 aromatic rings. The minimum Gasteiger partial charge on any atom is -0.346 e. The fourth-order valence-corrected chi connectivity index (χ4v) is 2.60. The molecule has 124 valence electrons. The van der Waals surface area contributed by atoms with E-state index in [-0.39, 0.29) is 18.5 Å². The zero-order valence-corrected chi connectivity index (χ0v) is 13.6. The molecule has 0 spiro atoms. The maximum absolute atomic E-state index is 12.3. The average molecular weight is 309 g/mol. The lowest BCUT2D eigenvalue weighted by molar-refractivity contribution is -0.140. The Morgan fingerprint density at radius 2 is 2.14 bits per heavy atom. The predicted octanol–water partition coefficient (Wildman–Crippen LogP) is 0.627. The molecule has 1 fully saturated rings. The molecular formula is C16H27N3O3. The Morgan fingerprint density at radius 1 is 1.41 bits per heavy atom. The standard InChI is InChI=1S/C16H27N3O3/c1-4-6-8-12(14(20)16(22)17-10-5-2)18-15(21)13-9-7-11-19(13)3/h5,12-13H,2,4,6-11H2,1,3H3,(H,17,22)(H,18,21). The summed E-state index contributed by atoms with van der Waals surface area (Å²) in [6.07, 6.45) is 5.45. The van der Waals surface area contributed by atoms with Crippen molar-refractivity contribution in [3.8, 4) is 0 Å². The van der Waals surface area contributed by atoms with E-state index in [0.29, 0.717) is 6.42 Å². The monoisotopic (exact) mass is 309 g/mol. The molecule has 1 rings (SSSR count). The second-order valence-corrected chi connectivity index (χ2v) is 5.70. The zero-order chi connectivity index (χ0) is 16.5. The third kappa shape index (κ3) is 5.26. The molecular weight excluding hydrogens is 282 g/mol. The van der Waals surface area contributed by atoms with Crippen LogP contribution in [0.4, 0.5) is 0 Å². The number of Topliss-reactive ketones (excluding diaryl/α,β-unsaturated/α-hetero) is 1. The van der Waals surface area contributed by atoms with Crippen LogP contribution in [0.3, 0.4) is 0 Å². The van der Waals surface area contributed by atoms with E-state index in [1.807, 2.05) is 18.9 Å². The lowest BCUT2D eigenvalue weighted by atomic mass is 10.0. The Morgan fingerprint density at radius 3 is 2.68 bits per heavy atom. The number of hydrogen-bond donors (Lipinski definition) is 2. The van der Waals surface area contributed by atoms with Crippen molar-refractivity contribution in [2.45, 2.75) is 51.1 Å². The maximum atomic E-state index is 12.3. The van der Waals surface area contributed by atoms with Gasteiger partial charge in [-0.15, -0.1) is 6.58 Å². The summed E-state index contributed by atoms with van der Waals surface area (Å²) in [5, 5.41) is 5.24. The second kappa shape index (κ2) is 9.35. The van der Waals surface area contributed by atoms with Crippen LogP contribution in [-0.2, 0) is 14.4 Å². The van der Waals surface area contributed by atoms with Crippen LogP contribution in [0, 0.1) is 0 Å². The van der Waals surface area contributed by atoms with Crippen LogP contribution in [-0.4, -0.2) is 54.7 Å². The lowest BCUT2D eigenvalue weighted by Crippen LogP contribution is -2.51. The Bertz CT molecular complexity index is 423. The summed E-state index contributed by atoms with van der Waals surface area (Å²) in [4.78, 5) is 38.3. The molecule has 2 unspecified atom stereocenters. The number of ketones is 1. The number of likely N-dealkylation sites (N-methyl/N-ethyl adjacent to an activating group) is 1. The number of carbonyl (C=O) groups is 3. The smallest absolute Gasteiger partial charge is 0.289 e. The Balaban J connectivity index is 2.66. The van der Waals surface area contributed by atoms with E-state index in [1.54, 1.807) is 0 Å². The van der Waals surface area contributed by atoms with Crippen molar-refractivity contribution in [1.29, 1.82) is 0 Å². The van der Waals surface area contributed by atoms with Crippen LogP contribution in [0.5, 0.6) is 0 Å². The number of hydrogen-bond acceptors (Lipinski definition) is 4. The van der Waals surface area contributed by atoms with Crippen LogP contribution in [0.2, 0.25) is 0 Å². The van der Waals surface area contributed by atoms with Crippen molar-refractivity contribution in [1.82, 2.24) is 15.5 Å². The van der Waals surface area contributed by atoms with Gasteiger partial charge in [0, 0.05) is 6.54 Å². The number of likely N-dealkylation sites (tertiary alicyclic amines) is 1. The number of nitrogens with zero attached hydrogens (tertiary/aromatic N) is 1. The van der Waals surface area contributed by atoms with Gasteiger partial charge in [0.05, 0.1) is 12.1 Å². The SMILES string of the molecule is C=CCNC(=O)C(=O)C(CCCC)NC(=O)C1CCCN1C. The molecule has 0 saturated carbocycles. The van der Waals surface area contributed by atoms with Gasteiger partial charge in [0.2, 0.25) is 11.7 Å². The molecule has 1 heterocycles. The van der Waals surface area contributed by atoms with Crippen LogP contribution in [0.1, 0.15) is 39.0 Å². The molecule has 1 saturated heterocycles. The van der Waals surface area contributed by atoms with Crippen molar-refractivity contribution in [3.63, 3.8) is 0 Å². The van der Waals surface area contributed by atoms with Crippen molar-refractivity contribution in [2.24, 2.45) is 0 Å². The molecule has 1 aliphatic heterocycles. The van der Waals surface area contributed by atoms with Crippen molar-refractivity contribution >= 4 is 17.6 Å². The number of rotatable bonds is 9. The normalized spacial score (nSPS) is 19.5. The summed E-state index contributed by atoms with van der Waals surface area (Å²) in [6.45, 7) is 6.62. The molecule has 2 atom stereocenters. The second-order valence-electron chi connectivity index (χ2n) is 5.70. The van der Waals surface area contributed by atoms with Gasteiger partial charge in [0.15, 0.2) is 0 Å². The Kier molecular flexibility index (Phi) is 7.80. The zero-order valence-electron chi connectivity index (χ0n) is 13.6. The molecule has 0 aromatic carbocycles. The quantitative estimate of drug-likeness (QED) is 0.484. The van der Waals surface area contributed by atoms with E-state index >= 15 is 0 Å². The summed E-state index contributed by atoms with van der Waals surface area (Å²) in [5.41, 5.74) is 0. The minimum atomic E-state index is -0.744. The first kappa shape index (κ1) is 18.4. The molecule has 6 nitrogen and oxygen atoms in total. The Labute approximate surface area is 132 Å². The lowest BCUT2D eigenvalue weighted by Gasteiger charge is -2.23. The van der Waals surface area contributed by atoms with Gasteiger partial charge in [0.1, 0.15) is 0 Å². The summed E-state index contributed by atoms with van der Waals surface area (Å²) in [7, 11) is 1.90. The number of carbonyl (C=O) groups excluding carboxylic acids is 3.